The highest BCUT2D eigenvalue weighted by Gasteiger charge is 2.32. The molecule has 0 fully saturated rings. The molecule has 0 radical (unpaired) electrons. The van der Waals surface area contributed by atoms with Crippen LogP contribution in [0.15, 0.2) is 41.6 Å². The first-order valence-corrected chi connectivity index (χ1v) is 20.5. The smallest absolute Gasteiger partial charge is 0.407 e. The molecule has 0 aliphatic carbocycles. The van der Waals surface area contributed by atoms with Crippen molar-refractivity contribution in [3.63, 3.8) is 0 Å². The molecule has 55 heavy (non-hydrogen) atoms. The molecule has 2 atom stereocenters. The summed E-state index contributed by atoms with van der Waals surface area (Å²) in [6.45, 7) is 19.3. The molecule has 3 aromatic rings. The third kappa shape index (κ3) is 13.9. The fourth-order valence-electron chi connectivity index (χ4n) is 5.77. The van der Waals surface area contributed by atoms with E-state index < -0.39 is 33.4 Å². The minimum atomic E-state index is -4.21. The number of methoxy groups -OCH3 is 2. The molecule has 1 aromatic heterocycles. The lowest BCUT2D eigenvalue weighted by Crippen LogP contribution is -2.44. The normalized spacial score (nSPS) is 13.3. The van der Waals surface area contributed by atoms with E-state index in [9.17, 15) is 18.0 Å². The average Bonchev–Trinajstić information content (AvgIpc) is 3.59. The van der Waals surface area contributed by atoms with Gasteiger partial charge in [-0.05, 0) is 109 Å². The van der Waals surface area contributed by atoms with Gasteiger partial charge in [0.2, 0.25) is 5.13 Å². The van der Waals surface area contributed by atoms with Gasteiger partial charge in [-0.15, -0.1) is 0 Å². The van der Waals surface area contributed by atoms with E-state index in [1.807, 2.05) is 27.7 Å². The third-order valence-electron chi connectivity index (χ3n) is 8.49. The molecule has 17 heteroatoms. The maximum absolute atomic E-state index is 14.4. The van der Waals surface area contributed by atoms with E-state index in [1.165, 1.54) is 30.9 Å². The number of carbonyl (C=O) groups is 2. The Morgan fingerprint density at radius 2 is 1.62 bits per heavy atom. The van der Waals surface area contributed by atoms with Crippen LogP contribution in [0.3, 0.4) is 0 Å². The van der Waals surface area contributed by atoms with Crippen molar-refractivity contribution in [3.8, 4) is 11.5 Å². The number of sulfonamides is 1. The monoisotopic (exact) mass is 824 g/mol. The Bertz CT molecular complexity index is 1860. The Labute approximate surface area is 335 Å². The van der Waals surface area contributed by atoms with Crippen LogP contribution in [0.5, 0.6) is 11.5 Å². The summed E-state index contributed by atoms with van der Waals surface area (Å²) in [5.41, 5.74) is 0.00925. The molecule has 14 nitrogen and oxygen atoms in total. The molecule has 0 spiro atoms. The van der Waals surface area contributed by atoms with Crippen LogP contribution in [0, 0.1) is 18.3 Å². The summed E-state index contributed by atoms with van der Waals surface area (Å²) < 4.78 is 55.8. The standard InChI is InChI=1S/C38H57ClN6O8S2/c1-24-17-30(29(39)19-32(24)55(48,49)45(33-42-23-43-54-33)22-26-13-14-28(50-11)18-31(26)51-12)41-21-27(25(2)44-35(47)53-37(6,7)8)20-38(9,10)15-16-40-34(46)52-36(3,4)5/h13-14,17-19,23,25,27,41H,15-16,20-22H2,1-12H3,(H,40,46)(H,44,47)/t25-,27+/m1/s1. The molecule has 2 aromatic carbocycles. The van der Waals surface area contributed by atoms with Crippen molar-refractivity contribution in [3.05, 3.63) is 52.8 Å². The third-order valence-corrected chi connectivity index (χ3v) is 11.5. The van der Waals surface area contributed by atoms with Crippen molar-refractivity contribution < 1.29 is 37.0 Å². The van der Waals surface area contributed by atoms with Crippen LogP contribution in [-0.4, -0.2) is 74.5 Å². The number of benzene rings is 2. The lowest BCUT2D eigenvalue weighted by Gasteiger charge is -2.34. The first-order valence-electron chi connectivity index (χ1n) is 18.0. The van der Waals surface area contributed by atoms with Crippen molar-refractivity contribution in [1.29, 1.82) is 0 Å². The molecule has 0 unspecified atom stereocenters. The molecule has 2 amide bonds. The van der Waals surface area contributed by atoms with Crippen LogP contribution in [0.4, 0.5) is 20.4 Å². The number of aromatic nitrogens is 2. The van der Waals surface area contributed by atoms with E-state index in [-0.39, 0.29) is 39.0 Å². The van der Waals surface area contributed by atoms with Gasteiger partial charge in [0.15, 0.2) is 0 Å². The molecule has 0 saturated heterocycles. The van der Waals surface area contributed by atoms with Gasteiger partial charge >= 0.3 is 12.2 Å². The van der Waals surface area contributed by atoms with Gasteiger partial charge in [-0.1, -0.05) is 25.4 Å². The second-order valence-electron chi connectivity index (χ2n) is 16.1. The first kappa shape index (κ1) is 45.4. The van der Waals surface area contributed by atoms with Crippen molar-refractivity contribution in [2.24, 2.45) is 11.3 Å². The maximum atomic E-state index is 14.4. The van der Waals surface area contributed by atoms with Gasteiger partial charge in [-0.25, -0.2) is 27.3 Å². The largest absolute Gasteiger partial charge is 0.497 e. The van der Waals surface area contributed by atoms with Gasteiger partial charge in [-0.3, -0.25) is 0 Å². The Morgan fingerprint density at radius 1 is 0.964 bits per heavy atom. The molecule has 1 heterocycles. The topological polar surface area (TPSA) is 170 Å². The molecular weight excluding hydrogens is 768 g/mol. The molecule has 0 saturated carbocycles. The van der Waals surface area contributed by atoms with E-state index >= 15 is 0 Å². The second kappa shape index (κ2) is 18.7. The highest BCUT2D eigenvalue weighted by Crippen LogP contribution is 2.36. The summed E-state index contributed by atoms with van der Waals surface area (Å²) in [6.07, 6.45) is 1.56. The van der Waals surface area contributed by atoms with Crippen LogP contribution in [0.2, 0.25) is 5.02 Å². The number of rotatable bonds is 17. The van der Waals surface area contributed by atoms with Gasteiger partial charge in [0.05, 0.1) is 36.4 Å². The number of nitrogens with zero attached hydrogens (tertiary/aromatic N) is 3. The molecule has 306 valence electrons. The average molecular weight is 825 g/mol. The van der Waals surface area contributed by atoms with Crippen LogP contribution in [0.1, 0.15) is 86.3 Å². The number of anilines is 2. The van der Waals surface area contributed by atoms with Gasteiger partial charge in [0.1, 0.15) is 29.0 Å². The number of nitrogens with one attached hydrogen (secondary N) is 3. The minimum absolute atomic E-state index is 0.000796. The fraction of sp³-hybridized carbons (Fsp3) is 0.579. The summed E-state index contributed by atoms with van der Waals surface area (Å²) >= 11 is 7.78. The first-order chi connectivity index (χ1) is 25.4. The highest BCUT2D eigenvalue weighted by atomic mass is 35.5. The fourth-order valence-corrected chi connectivity index (χ4v) is 8.43. The minimum Gasteiger partial charge on any atom is -0.497 e. The number of hydrogen-bond donors (Lipinski definition) is 3. The van der Waals surface area contributed by atoms with Crippen molar-refractivity contribution in [1.82, 2.24) is 20.0 Å². The lowest BCUT2D eigenvalue weighted by atomic mass is 9.77. The molecule has 3 N–H and O–H groups in total. The summed E-state index contributed by atoms with van der Waals surface area (Å²) in [4.78, 5) is 29.3. The van der Waals surface area contributed by atoms with Crippen LogP contribution in [-0.2, 0) is 26.0 Å². The van der Waals surface area contributed by atoms with Gasteiger partial charge in [0.25, 0.3) is 10.0 Å². The number of carbonyl (C=O) groups excluding carboxylic acids is 2. The predicted molar refractivity (Wildman–Crippen MR) is 217 cm³/mol. The molecular formula is C38H57ClN6O8S2. The van der Waals surface area contributed by atoms with Gasteiger partial charge in [0, 0.05) is 42.3 Å². The SMILES string of the molecule is COc1ccc(CN(c2ncns2)S(=O)(=O)c2cc(Cl)c(NC[C@H](CC(C)(C)CCNC(=O)OC(C)(C)C)[C@@H](C)NC(=O)OC(C)(C)C)cc2C)c(OC)c1. The quantitative estimate of drug-likeness (QED) is 0.120. The summed E-state index contributed by atoms with van der Waals surface area (Å²) in [5.74, 6) is 0.870. The zero-order valence-electron chi connectivity index (χ0n) is 34.0. The Kier molecular flexibility index (Phi) is 15.5. The summed E-state index contributed by atoms with van der Waals surface area (Å²) in [6, 6.07) is 7.93. The number of hydrogen-bond acceptors (Lipinski definition) is 12. The highest BCUT2D eigenvalue weighted by molar-refractivity contribution is 7.93. The Hall–Kier alpha value is -4.02. The lowest BCUT2D eigenvalue weighted by molar-refractivity contribution is 0.0472. The second-order valence-corrected chi connectivity index (χ2v) is 19.1. The van der Waals surface area contributed by atoms with Gasteiger partial charge < -0.3 is 34.9 Å². The molecule has 0 aliphatic rings. The molecule has 0 bridgehead atoms. The van der Waals surface area contributed by atoms with E-state index in [0.29, 0.717) is 54.2 Å². The summed E-state index contributed by atoms with van der Waals surface area (Å²) in [7, 11) is -1.18. The van der Waals surface area contributed by atoms with E-state index in [4.69, 9.17) is 30.5 Å². The summed E-state index contributed by atoms with van der Waals surface area (Å²) in [5, 5.41) is 9.58. The zero-order valence-corrected chi connectivity index (χ0v) is 36.3. The number of alkyl carbamates (subject to hydrolysis) is 2. The van der Waals surface area contributed by atoms with Crippen LogP contribution in [0.25, 0.3) is 0 Å². The molecule has 3 rings (SSSR count). The number of ether oxygens (including phenoxy) is 4. The number of halogens is 1. The van der Waals surface area contributed by atoms with Crippen LogP contribution >= 0.6 is 23.1 Å². The van der Waals surface area contributed by atoms with E-state index in [0.717, 1.165) is 11.5 Å². The van der Waals surface area contributed by atoms with Crippen LogP contribution < -0.4 is 29.7 Å². The van der Waals surface area contributed by atoms with E-state index in [2.05, 4.69) is 39.2 Å². The Morgan fingerprint density at radius 3 is 2.20 bits per heavy atom. The maximum Gasteiger partial charge on any atom is 0.407 e. The molecule has 0 aliphatic heterocycles. The predicted octanol–water partition coefficient (Wildman–Crippen LogP) is 8.19. The van der Waals surface area contributed by atoms with E-state index in [1.54, 1.807) is 52.0 Å². The zero-order chi connectivity index (χ0) is 41.4. The van der Waals surface area contributed by atoms with Crippen molar-refractivity contribution in [2.45, 2.75) is 111 Å². The number of aryl methyl sites for hydroxylation is 1. The van der Waals surface area contributed by atoms with Crippen molar-refractivity contribution in [2.75, 3.05) is 36.9 Å². The van der Waals surface area contributed by atoms with Gasteiger partial charge in [-0.2, -0.15) is 4.37 Å². The van der Waals surface area contributed by atoms with Crippen molar-refractivity contribution >= 4 is 56.2 Å². The number of amides is 2. The Balaban J connectivity index is 1.88.